The minimum atomic E-state index is -0.857. The summed E-state index contributed by atoms with van der Waals surface area (Å²) in [5, 5.41) is 24.0. The predicted molar refractivity (Wildman–Crippen MR) is 132 cm³/mol. The van der Waals surface area contributed by atoms with E-state index in [0.29, 0.717) is 30.0 Å². The SMILES string of the molecule is Cc1noc(-c2ccc(-c3ccc(C4CC4C(=O)O)cc3)cc2)c1[C@H](O)COCc1ccccc1. The number of nitrogens with zero attached hydrogens (tertiary/aromatic N) is 1. The molecule has 0 aliphatic heterocycles. The highest BCUT2D eigenvalue weighted by Crippen LogP contribution is 2.47. The molecule has 4 aromatic rings. The zero-order chi connectivity index (χ0) is 24.4. The van der Waals surface area contributed by atoms with Gasteiger partial charge in [0.15, 0.2) is 5.76 Å². The molecule has 5 rings (SSSR count). The van der Waals surface area contributed by atoms with E-state index in [-0.39, 0.29) is 18.4 Å². The first kappa shape index (κ1) is 23.0. The van der Waals surface area contributed by atoms with Crippen molar-refractivity contribution in [3.8, 4) is 22.5 Å². The third-order valence-corrected chi connectivity index (χ3v) is 6.56. The van der Waals surface area contributed by atoms with E-state index in [9.17, 15) is 9.90 Å². The molecular formula is C29H27NO5. The van der Waals surface area contributed by atoms with Crippen LogP contribution in [0.25, 0.3) is 22.5 Å². The third-order valence-electron chi connectivity index (χ3n) is 6.56. The van der Waals surface area contributed by atoms with Gasteiger partial charge in [-0.25, -0.2) is 0 Å². The minimum Gasteiger partial charge on any atom is -0.481 e. The summed E-state index contributed by atoms with van der Waals surface area (Å²) >= 11 is 0. The fourth-order valence-electron chi connectivity index (χ4n) is 4.50. The van der Waals surface area contributed by atoms with Gasteiger partial charge >= 0.3 is 5.97 Å². The lowest BCUT2D eigenvalue weighted by Crippen LogP contribution is -2.09. The monoisotopic (exact) mass is 469 g/mol. The molecule has 35 heavy (non-hydrogen) atoms. The van der Waals surface area contributed by atoms with Gasteiger partial charge in [-0.2, -0.15) is 0 Å². The maximum atomic E-state index is 11.1. The summed E-state index contributed by atoms with van der Waals surface area (Å²) in [4.78, 5) is 11.1. The Hall–Kier alpha value is -3.74. The van der Waals surface area contributed by atoms with Gasteiger partial charge in [0.2, 0.25) is 0 Å². The van der Waals surface area contributed by atoms with Crippen molar-refractivity contribution in [3.05, 3.63) is 101 Å². The van der Waals surface area contributed by atoms with Crippen LogP contribution in [-0.2, 0) is 16.1 Å². The standard InChI is InChI=1S/C29H27NO5/c1-18-27(26(31)17-34-16-19-5-3-2-4-6-19)28(35-30-18)23-13-9-21(10-14-23)20-7-11-22(12-8-20)24-15-25(24)29(32)33/h2-14,24-26,31H,15-17H2,1H3,(H,32,33)/t24?,25?,26-/m1/s1. The van der Waals surface area contributed by atoms with E-state index in [1.165, 1.54) is 0 Å². The fourth-order valence-corrected chi connectivity index (χ4v) is 4.50. The molecule has 1 aliphatic carbocycles. The number of aryl methyl sites for hydroxylation is 1. The summed E-state index contributed by atoms with van der Waals surface area (Å²) in [7, 11) is 0. The van der Waals surface area contributed by atoms with Crippen molar-refractivity contribution in [2.24, 2.45) is 5.92 Å². The summed E-state index contributed by atoms with van der Waals surface area (Å²) < 4.78 is 11.3. The zero-order valence-corrected chi connectivity index (χ0v) is 19.4. The van der Waals surface area contributed by atoms with Gasteiger partial charge in [0.25, 0.3) is 0 Å². The highest BCUT2D eigenvalue weighted by atomic mass is 16.5. The number of aliphatic hydroxyl groups excluding tert-OH is 1. The second-order valence-electron chi connectivity index (χ2n) is 9.01. The molecule has 6 heteroatoms. The molecule has 1 aliphatic rings. The first-order valence-corrected chi connectivity index (χ1v) is 11.7. The molecule has 2 unspecified atom stereocenters. The van der Waals surface area contributed by atoms with Crippen molar-refractivity contribution >= 4 is 5.97 Å². The molecule has 2 N–H and O–H groups in total. The molecule has 0 saturated heterocycles. The first-order chi connectivity index (χ1) is 17.0. The Morgan fingerprint density at radius 1 is 1.00 bits per heavy atom. The zero-order valence-electron chi connectivity index (χ0n) is 19.4. The van der Waals surface area contributed by atoms with Gasteiger partial charge in [-0.1, -0.05) is 84.0 Å². The van der Waals surface area contributed by atoms with Crippen LogP contribution in [0.15, 0.2) is 83.4 Å². The van der Waals surface area contributed by atoms with E-state index in [2.05, 4.69) is 5.16 Å². The molecule has 1 heterocycles. The first-order valence-electron chi connectivity index (χ1n) is 11.7. The number of ether oxygens (including phenoxy) is 1. The van der Waals surface area contributed by atoms with Crippen LogP contribution >= 0.6 is 0 Å². The molecule has 0 radical (unpaired) electrons. The van der Waals surface area contributed by atoms with Gasteiger partial charge in [0.05, 0.1) is 30.4 Å². The molecule has 3 aromatic carbocycles. The Morgan fingerprint density at radius 2 is 1.63 bits per heavy atom. The molecular weight excluding hydrogens is 442 g/mol. The molecule has 0 spiro atoms. The summed E-state index contributed by atoms with van der Waals surface area (Å²) in [6.45, 7) is 2.37. The van der Waals surface area contributed by atoms with E-state index in [4.69, 9.17) is 14.4 Å². The Kier molecular flexibility index (Phi) is 6.49. The summed E-state index contributed by atoms with van der Waals surface area (Å²) in [6, 6.07) is 25.8. The largest absolute Gasteiger partial charge is 0.481 e. The molecule has 1 aromatic heterocycles. The second-order valence-corrected chi connectivity index (χ2v) is 9.01. The fraction of sp³-hybridized carbons (Fsp3) is 0.241. The van der Waals surface area contributed by atoms with E-state index < -0.39 is 12.1 Å². The quantitative estimate of drug-likeness (QED) is 0.324. The van der Waals surface area contributed by atoms with Gasteiger partial charge in [0.1, 0.15) is 6.10 Å². The maximum Gasteiger partial charge on any atom is 0.307 e. The molecule has 3 atom stereocenters. The van der Waals surface area contributed by atoms with Crippen molar-refractivity contribution in [2.75, 3.05) is 6.61 Å². The normalized spacial score (nSPS) is 17.8. The van der Waals surface area contributed by atoms with Crippen molar-refractivity contribution in [3.63, 3.8) is 0 Å². The molecule has 1 fully saturated rings. The smallest absolute Gasteiger partial charge is 0.307 e. The molecule has 1 saturated carbocycles. The number of carbonyl (C=O) groups is 1. The number of carboxylic acids is 1. The van der Waals surface area contributed by atoms with Crippen LogP contribution in [0.5, 0.6) is 0 Å². The van der Waals surface area contributed by atoms with E-state index in [0.717, 1.165) is 27.8 Å². The van der Waals surface area contributed by atoms with Crippen LogP contribution < -0.4 is 0 Å². The predicted octanol–water partition coefficient (Wildman–Crippen LogP) is 5.76. The Labute approximate surface area is 203 Å². The van der Waals surface area contributed by atoms with Crippen molar-refractivity contribution in [1.82, 2.24) is 5.16 Å². The lowest BCUT2D eigenvalue weighted by molar-refractivity contribution is -0.138. The Morgan fingerprint density at radius 3 is 2.26 bits per heavy atom. The van der Waals surface area contributed by atoms with Crippen LogP contribution in [0.2, 0.25) is 0 Å². The average molecular weight is 470 g/mol. The van der Waals surface area contributed by atoms with Gasteiger partial charge in [-0.3, -0.25) is 4.79 Å². The van der Waals surface area contributed by atoms with Crippen molar-refractivity contribution in [2.45, 2.75) is 32.0 Å². The second kappa shape index (κ2) is 9.86. The van der Waals surface area contributed by atoms with E-state index in [1.54, 1.807) is 0 Å². The maximum absolute atomic E-state index is 11.1. The van der Waals surface area contributed by atoms with E-state index >= 15 is 0 Å². The number of hydrogen-bond donors (Lipinski definition) is 2. The van der Waals surface area contributed by atoms with Gasteiger partial charge < -0.3 is 19.5 Å². The Balaban J connectivity index is 1.27. The van der Waals surface area contributed by atoms with Crippen LogP contribution in [0.4, 0.5) is 0 Å². The molecule has 0 amide bonds. The van der Waals surface area contributed by atoms with Gasteiger partial charge in [-0.05, 0) is 41.5 Å². The number of hydrogen-bond acceptors (Lipinski definition) is 5. The number of aliphatic carboxylic acids is 1. The van der Waals surface area contributed by atoms with Crippen molar-refractivity contribution in [1.29, 1.82) is 0 Å². The molecule has 178 valence electrons. The van der Waals surface area contributed by atoms with Gasteiger partial charge in [-0.15, -0.1) is 0 Å². The lowest BCUT2D eigenvalue weighted by atomic mass is 9.98. The highest BCUT2D eigenvalue weighted by Gasteiger charge is 2.44. The van der Waals surface area contributed by atoms with Crippen LogP contribution in [0, 0.1) is 12.8 Å². The number of aliphatic hydroxyl groups is 1. The van der Waals surface area contributed by atoms with Crippen LogP contribution in [-0.4, -0.2) is 27.9 Å². The third kappa shape index (κ3) is 5.04. The minimum absolute atomic E-state index is 0.125. The highest BCUT2D eigenvalue weighted by molar-refractivity contribution is 5.75. The number of aromatic nitrogens is 1. The molecule has 6 nitrogen and oxygen atoms in total. The van der Waals surface area contributed by atoms with Crippen LogP contribution in [0.1, 0.15) is 40.8 Å². The number of rotatable bonds is 9. The van der Waals surface area contributed by atoms with Gasteiger partial charge in [0, 0.05) is 5.56 Å². The number of benzene rings is 3. The van der Waals surface area contributed by atoms with E-state index in [1.807, 2.05) is 85.8 Å². The summed E-state index contributed by atoms with van der Waals surface area (Å²) in [5.41, 5.74) is 6.30. The number of carboxylic acid groups (broad SMARTS) is 1. The summed E-state index contributed by atoms with van der Waals surface area (Å²) in [6.07, 6.45) is -0.143. The molecule has 0 bridgehead atoms. The topological polar surface area (TPSA) is 92.8 Å². The Bertz CT molecular complexity index is 1300. The average Bonchev–Trinajstić information content (AvgIpc) is 3.60. The lowest BCUT2D eigenvalue weighted by Gasteiger charge is -2.12. The van der Waals surface area contributed by atoms with Crippen LogP contribution in [0.3, 0.4) is 0 Å². The summed E-state index contributed by atoms with van der Waals surface area (Å²) in [5.74, 6) is -0.308. The van der Waals surface area contributed by atoms with Crippen molar-refractivity contribution < 1.29 is 24.3 Å².